The fourth-order valence-electron chi connectivity index (χ4n) is 3.45. The Morgan fingerprint density at radius 3 is 2.59 bits per heavy atom. The molecule has 2 aromatic carbocycles. The van der Waals surface area contributed by atoms with Crippen molar-refractivity contribution in [1.29, 1.82) is 0 Å². The zero-order chi connectivity index (χ0) is 20.8. The van der Waals surface area contributed by atoms with E-state index >= 15 is 0 Å². The third-order valence-electron chi connectivity index (χ3n) is 4.89. The lowest BCUT2D eigenvalue weighted by Gasteiger charge is -2.21. The summed E-state index contributed by atoms with van der Waals surface area (Å²) >= 11 is 13.5. The van der Waals surface area contributed by atoms with E-state index in [9.17, 15) is 13.2 Å². The minimum absolute atomic E-state index is 0.112. The molecule has 1 aliphatic heterocycles. The number of carbonyl (C=O) groups excluding carboxylic acids is 1. The molecule has 29 heavy (non-hydrogen) atoms. The van der Waals surface area contributed by atoms with Crippen molar-refractivity contribution in [3.63, 3.8) is 0 Å². The molecule has 1 saturated heterocycles. The van der Waals surface area contributed by atoms with Gasteiger partial charge in [0.1, 0.15) is 6.04 Å². The highest BCUT2D eigenvalue weighted by Crippen LogP contribution is 2.28. The van der Waals surface area contributed by atoms with Gasteiger partial charge in [-0.1, -0.05) is 40.6 Å². The lowest BCUT2D eigenvalue weighted by Crippen LogP contribution is -2.40. The molecule has 0 spiro atoms. The minimum Gasteiger partial charge on any atom is -0.318 e. The summed E-state index contributed by atoms with van der Waals surface area (Å²) < 4.78 is 30.0. The first kappa shape index (κ1) is 20.6. The van der Waals surface area contributed by atoms with Gasteiger partial charge in [-0.25, -0.2) is 8.42 Å². The van der Waals surface area contributed by atoms with E-state index in [0.29, 0.717) is 27.7 Å². The summed E-state index contributed by atoms with van der Waals surface area (Å²) in [4.78, 5) is 17.8. The second-order valence-corrected chi connectivity index (χ2v) is 10.5. The Morgan fingerprint density at radius 1 is 1.17 bits per heavy atom. The van der Waals surface area contributed by atoms with Crippen molar-refractivity contribution >= 4 is 60.7 Å². The van der Waals surface area contributed by atoms with Gasteiger partial charge in [0.2, 0.25) is 10.0 Å². The van der Waals surface area contributed by atoms with Gasteiger partial charge < -0.3 is 4.57 Å². The van der Waals surface area contributed by atoms with Crippen molar-refractivity contribution in [2.24, 2.45) is 12.0 Å². The van der Waals surface area contributed by atoms with Crippen molar-refractivity contribution < 1.29 is 13.2 Å². The molecule has 3 aromatic rings. The van der Waals surface area contributed by atoms with E-state index in [1.807, 2.05) is 12.1 Å². The summed E-state index contributed by atoms with van der Waals surface area (Å²) in [5.41, 5.74) is 0.794. The molecule has 0 saturated carbocycles. The fourth-order valence-corrected chi connectivity index (χ4v) is 6.63. The highest BCUT2D eigenvalue weighted by atomic mass is 35.5. The van der Waals surface area contributed by atoms with Crippen molar-refractivity contribution in [2.75, 3.05) is 6.54 Å². The van der Waals surface area contributed by atoms with Crippen molar-refractivity contribution in [3.8, 4) is 0 Å². The lowest BCUT2D eigenvalue weighted by atomic mass is 10.2. The molecule has 0 bridgehead atoms. The maximum Gasteiger partial charge on any atom is 0.266 e. The number of sulfonamides is 1. The average Bonchev–Trinajstić information content (AvgIpc) is 3.29. The van der Waals surface area contributed by atoms with Crippen LogP contribution in [-0.2, 0) is 21.9 Å². The predicted octanol–water partition coefficient (Wildman–Crippen LogP) is 3.83. The first-order valence-corrected chi connectivity index (χ1v) is 11.9. The molecule has 1 aliphatic rings. The number of thiazole rings is 1. The van der Waals surface area contributed by atoms with Crippen LogP contribution in [0.5, 0.6) is 0 Å². The predicted molar refractivity (Wildman–Crippen MR) is 115 cm³/mol. The standard InChI is InChI=1S/C19H17Cl2N3O3S2/c1-23-17-14(21)4-2-6-16(17)28-19(23)22-18(25)15-5-3-11-24(15)29(26,27)13-9-7-12(20)8-10-13/h2,4,6-10,15H,3,5,11H2,1H3. The lowest BCUT2D eigenvalue weighted by molar-refractivity contribution is -0.121. The SMILES string of the molecule is Cn1c(=NC(=O)C2CCCN2S(=O)(=O)c2ccc(Cl)cc2)sc2cccc(Cl)c21. The number of fused-ring (bicyclic) bond motifs is 1. The maximum absolute atomic E-state index is 13.0. The largest absolute Gasteiger partial charge is 0.318 e. The second kappa shape index (κ2) is 7.85. The quantitative estimate of drug-likeness (QED) is 0.584. The van der Waals surface area contributed by atoms with Gasteiger partial charge >= 0.3 is 0 Å². The molecular formula is C19H17Cl2N3O3S2. The van der Waals surface area contributed by atoms with Crippen LogP contribution in [-0.4, -0.2) is 35.8 Å². The molecule has 6 nitrogen and oxygen atoms in total. The number of benzene rings is 2. The third-order valence-corrected chi connectivity index (χ3v) is 8.46. The number of aryl methyl sites for hydroxylation is 1. The number of hydrogen-bond acceptors (Lipinski definition) is 4. The van der Waals surface area contributed by atoms with Crippen LogP contribution in [0.15, 0.2) is 52.4 Å². The molecule has 1 atom stereocenters. The van der Waals surface area contributed by atoms with E-state index in [4.69, 9.17) is 23.2 Å². The topological polar surface area (TPSA) is 71.7 Å². The Kier molecular flexibility index (Phi) is 5.56. The van der Waals surface area contributed by atoms with E-state index < -0.39 is 22.0 Å². The summed E-state index contributed by atoms with van der Waals surface area (Å²) in [5, 5.41) is 1.02. The van der Waals surface area contributed by atoms with E-state index in [2.05, 4.69) is 4.99 Å². The number of para-hydroxylation sites is 1. The summed E-state index contributed by atoms with van der Waals surface area (Å²) in [6, 6.07) is 10.6. The van der Waals surface area contributed by atoms with Crippen molar-refractivity contribution in [3.05, 3.63) is 57.3 Å². The number of halogens is 2. The average molecular weight is 470 g/mol. The molecule has 10 heteroatoms. The van der Waals surface area contributed by atoms with E-state index in [-0.39, 0.29) is 11.4 Å². The number of aromatic nitrogens is 1. The van der Waals surface area contributed by atoms with Crippen molar-refractivity contribution in [1.82, 2.24) is 8.87 Å². The van der Waals surface area contributed by atoms with Gasteiger partial charge in [0, 0.05) is 18.6 Å². The van der Waals surface area contributed by atoms with Gasteiger partial charge in [-0.05, 0) is 49.2 Å². The van der Waals surface area contributed by atoms with Gasteiger partial charge in [0.05, 0.1) is 20.1 Å². The highest BCUT2D eigenvalue weighted by Gasteiger charge is 2.39. The van der Waals surface area contributed by atoms with Crippen LogP contribution < -0.4 is 4.80 Å². The molecule has 0 aliphatic carbocycles. The van der Waals surface area contributed by atoms with Crippen molar-refractivity contribution in [2.45, 2.75) is 23.8 Å². The molecule has 0 radical (unpaired) electrons. The van der Waals surface area contributed by atoms with Gasteiger partial charge in [0.15, 0.2) is 4.80 Å². The number of rotatable bonds is 3. The van der Waals surface area contributed by atoms with E-state index in [0.717, 1.165) is 10.2 Å². The van der Waals surface area contributed by atoms with Crippen LogP contribution in [0.1, 0.15) is 12.8 Å². The van der Waals surface area contributed by atoms with Crippen LogP contribution in [0.4, 0.5) is 0 Å². The molecule has 1 fully saturated rings. The smallest absolute Gasteiger partial charge is 0.266 e. The molecular weight excluding hydrogens is 453 g/mol. The number of hydrogen-bond donors (Lipinski definition) is 0. The summed E-state index contributed by atoms with van der Waals surface area (Å²) in [5.74, 6) is -0.474. The minimum atomic E-state index is -3.81. The fraction of sp³-hybridized carbons (Fsp3) is 0.263. The zero-order valence-electron chi connectivity index (χ0n) is 15.4. The first-order valence-electron chi connectivity index (χ1n) is 8.89. The van der Waals surface area contributed by atoms with Gasteiger partial charge in [-0.2, -0.15) is 9.30 Å². The molecule has 1 aromatic heterocycles. The van der Waals surface area contributed by atoms with Crippen LogP contribution >= 0.6 is 34.5 Å². The van der Waals surface area contributed by atoms with Gasteiger partial charge in [0.25, 0.3) is 5.91 Å². The Bertz CT molecular complexity index is 1260. The van der Waals surface area contributed by atoms with Crippen LogP contribution in [0.25, 0.3) is 10.2 Å². The molecule has 1 unspecified atom stereocenters. The van der Waals surface area contributed by atoms with E-state index in [1.165, 1.54) is 39.9 Å². The van der Waals surface area contributed by atoms with Crippen LogP contribution in [0.3, 0.4) is 0 Å². The molecule has 1 amide bonds. The normalized spacial score (nSPS) is 18.6. The molecule has 2 heterocycles. The maximum atomic E-state index is 13.0. The Morgan fingerprint density at radius 2 is 1.90 bits per heavy atom. The monoisotopic (exact) mass is 469 g/mol. The van der Waals surface area contributed by atoms with Gasteiger partial charge in [-0.15, -0.1) is 0 Å². The Labute approximate surface area is 182 Å². The molecule has 0 N–H and O–H groups in total. The number of carbonyl (C=O) groups is 1. The number of amides is 1. The Hall–Kier alpha value is -1.71. The Balaban J connectivity index is 1.70. The third kappa shape index (κ3) is 3.75. The molecule has 152 valence electrons. The first-order chi connectivity index (χ1) is 13.8. The zero-order valence-corrected chi connectivity index (χ0v) is 18.5. The van der Waals surface area contributed by atoms with Gasteiger partial charge in [-0.3, -0.25) is 4.79 Å². The molecule has 4 rings (SSSR count). The number of nitrogens with zero attached hydrogens (tertiary/aromatic N) is 3. The van der Waals surface area contributed by atoms with Crippen LogP contribution in [0, 0.1) is 0 Å². The highest BCUT2D eigenvalue weighted by molar-refractivity contribution is 7.89. The van der Waals surface area contributed by atoms with Crippen LogP contribution in [0.2, 0.25) is 10.0 Å². The summed E-state index contributed by atoms with van der Waals surface area (Å²) in [6.45, 7) is 0.279. The summed E-state index contributed by atoms with van der Waals surface area (Å²) in [6.07, 6.45) is 1.04. The second-order valence-electron chi connectivity index (χ2n) is 6.71. The van der Waals surface area contributed by atoms with E-state index in [1.54, 1.807) is 17.7 Å². The summed E-state index contributed by atoms with van der Waals surface area (Å²) in [7, 11) is -2.03.